The summed E-state index contributed by atoms with van der Waals surface area (Å²) in [5.74, 6) is 0. The summed E-state index contributed by atoms with van der Waals surface area (Å²) in [4.78, 5) is 15.8. The Morgan fingerprint density at radius 1 is 1.69 bits per heavy atom. The van der Waals surface area contributed by atoms with Crippen molar-refractivity contribution in [2.24, 2.45) is 10.8 Å². The van der Waals surface area contributed by atoms with Gasteiger partial charge in [0.25, 0.3) is 0 Å². The number of aryl methyl sites for hydroxylation is 2. The number of nitrogens with one attached hydrogen (secondary N) is 1. The highest BCUT2D eigenvalue weighted by Gasteiger charge is 2.09. The quantitative estimate of drug-likeness (QED) is 0.603. The van der Waals surface area contributed by atoms with Crippen molar-refractivity contribution in [1.82, 2.24) is 14.8 Å². The third kappa shape index (κ3) is 1.76. The Morgan fingerprint density at radius 2 is 2.44 bits per heavy atom. The van der Waals surface area contributed by atoms with Gasteiger partial charge < -0.3 is 5.73 Å². The number of nitrogens with zero attached hydrogens (tertiary/aromatic N) is 3. The van der Waals surface area contributed by atoms with Gasteiger partial charge >= 0.3 is 6.03 Å². The number of fused-ring (bicyclic) bond motifs is 1. The number of imidazole rings is 1. The lowest BCUT2D eigenvalue weighted by Gasteiger charge is -1.95. The van der Waals surface area contributed by atoms with Crippen molar-refractivity contribution in [2.75, 3.05) is 0 Å². The van der Waals surface area contributed by atoms with Crippen LogP contribution in [-0.4, -0.2) is 21.6 Å². The van der Waals surface area contributed by atoms with Gasteiger partial charge in [0.1, 0.15) is 0 Å². The smallest absolute Gasteiger partial charge is 0.332 e. The van der Waals surface area contributed by atoms with E-state index in [1.165, 1.54) is 0 Å². The molecule has 2 aromatic rings. The maximum absolute atomic E-state index is 10.5. The zero-order valence-electron chi connectivity index (χ0n) is 8.89. The number of hydrogen-bond donors (Lipinski definition) is 2. The number of amides is 2. The first-order valence-electron chi connectivity index (χ1n) is 4.61. The number of primary amides is 1. The Hall–Kier alpha value is -1.89. The minimum atomic E-state index is -0.684. The molecule has 0 spiro atoms. The van der Waals surface area contributed by atoms with Crippen LogP contribution in [0.25, 0.3) is 4.96 Å². The molecule has 3 N–H and O–H groups in total. The van der Waals surface area contributed by atoms with Gasteiger partial charge in [-0.1, -0.05) is 0 Å². The number of hydrazone groups is 1. The maximum Gasteiger partial charge on any atom is 0.332 e. The number of aromatic nitrogens is 2. The Bertz CT molecular complexity index is 568. The van der Waals surface area contributed by atoms with E-state index in [4.69, 9.17) is 5.73 Å². The summed E-state index contributed by atoms with van der Waals surface area (Å²) in [5, 5.41) is 5.75. The summed E-state index contributed by atoms with van der Waals surface area (Å²) in [6.07, 6.45) is 1.54. The lowest BCUT2D eigenvalue weighted by Crippen LogP contribution is -2.24. The molecule has 0 aliphatic carbocycles. The van der Waals surface area contributed by atoms with E-state index in [1.54, 1.807) is 17.6 Å². The fourth-order valence-electron chi connectivity index (χ4n) is 1.43. The number of rotatable bonds is 2. The second kappa shape index (κ2) is 3.93. The van der Waals surface area contributed by atoms with E-state index in [0.29, 0.717) is 0 Å². The molecule has 0 fully saturated rings. The number of thiazole rings is 1. The SMILES string of the molecule is Cc1nc2scc(C)n2c1/C=N\NC(N)=O. The highest BCUT2D eigenvalue weighted by Crippen LogP contribution is 2.18. The van der Waals surface area contributed by atoms with Gasteiger partial charge in [-0.3, -0.25) is 4.40 Å². The Morgan fingerprint density at radius 3 is 3.12 bits per heavy atom. The van der Waals surface area contributed by atoms with Crippen LogP contribution < -0.4 is 11.2 Å². The molecule has 16 heavy (non-hydrogen) atoms. The van der Waals surface area contributed by atoms with Crippen molar-refractivity contribution in [3.8, 4) is 0 Å². The molecule has 0 atom stereocenters. The van der Waals surface area contributed by atoms with Crippen LogP contribution in [0.5, 0.6) is 0 Å². The van der Waals surface area contributed by atoms with Crippen LogP contribution >= 0.6 is 11.3 Å². The third-order valence-corrected chi connectivity index (χ3v) is 3.06. The van der Waals surface area contributed by atoms with Gasteiger partial charge in [0.15, 0.2) is 4.96 Å². The van der Waals surface area contributed by atoms with Gasteiger partial charge in [0, 0.05) is 11.1 Å². The fraction of sp³-hybridized carbons (Fsp3) is 0.222. The minimum absolute atomic E-state index is 0.684. The van der Waals surface area contributed by atoms with Gasteiger partial charge in [-0.15, -0.1) is 11.3 Å². The van der Waals surface area contributed by atoms with Crippen molar-refractivity contribution in [1.29, 1.82) is 0 Å². The van der Waals surface area contributed by atoms with Crippen LogP contribution in [0.4, 0.5) is 4.79 Å². The first-order valence-corrected chi connectivity index (χ1v) is 5.49. The molecule has 0 aromatic carbocycles. The molecule has 7 heteroatoms. The molecule has 0 aliphatic rings. The molecule has 2 amide bonds. The van der Waals surface area contributed by atoms with Crippen LogP contribution in [-0.2, 0) is 0 Å². The first-order chi connectivity index (χ1) is 7.59. The van der Waals surface area contributed by atoms with Crippen LogP contribution in [0.3, 0.4) is 0 Å². The Kier molecular flexibility index (Phi) is 2.61. The van der Waals surface area contributed by atoms with E-state index in [2.05, 4.69) is 15.5 Å². The maximum atomic E-state index is 10.5. The Balaban J connectivity index is 2.42. The van der Waals surface area contributed by atoms with E-state index in [1.807, 2.05) is 23.6 Å². The molecular weight excluding hydrogens is 226 g/mol. The minimum Gasteiger partial charge on any atom is -0.350 e. The number of carbonyl (C=O) groups is 1. The molecule has 0 unspecified atom stereocenters. The normalized spacial score (nSPS) is 11.4. The second-order valence-corrected chi connectivity index (χ2v) is 4.15. The van der Waals surface area contributed by atoms with Crippen molar-refractivity contribution in [3.63, 3.8) is 0 Å². The largest absolute Gasteiger partial charge is 0.350 e. The fourth-order valence-corrected chi connectivity index (χ4v) is 2.35. The van der Waals surface area contributed by atoms with E-state index in [-0.39, 0.29) is 0 Å². The molecule has 2 aromatic heterocycles. The first kappa shape index (κ1) is 10.6. The number of hydrogen-bond acceptors (Lipinski definition) is 4. The molecular formula is C9H11N5OS. The van der Waals surface area contributed by atoms with E-state index >= 15 is 0 Å². The highest BCUT2D eigenvalue weighted by atomic mass is 32.1. The van der Waals surface area contributed by atoms with Crippen LogP contribution in [0.15, 0.2) is 10.5 Å². The number of urea groups is 1. The van der Waals surface area contributed by atoms with E-state index < -0.39 is 6.03 Å². The Labute approximate surface area is 95.8 Å². The van der Waals surface area contributed by atoms with Crippen LogP contribution in [0, 0.1) is 13.8 Å². The lowest BCUT2D eigenvalue weighted by atomic mass is 10.3. The topological polar surface area (TPSA) is 84.8 Å². The molecule has 0 aliphatic heterocycles. The summed E-state index contributed by atoms with van der Waals surface area (Å²) in [5.41, 5.74) is 9.87. The molecule has 2 heterocycles. The molecule has 0 saturated carbocycles. The summed E-state index contributed by atoms with van der Waals surface area (Å²) < 4.78 is 1.98. The van der Waals surface area contributed by atoms with Crippen molar-refractivity contribution in [2.45, 2.75) is 13.8 Å². The molecule has 0 saturated heterocycles. The predicted molar refractivity (Wildman–Crippen MR) is 62.9 cm³/mol. The average Bonchev–Trinajstić information content (AvgIpc) is 2.69. The van der Waals surface area contributed by atoms with Gasteiger partial charge in [0.05, 0.1) is 17.6 Å². The van der Waals surface area contributed by atoms with Gasteiger partial charge in [-0.25, -0.2) is 15.2 Å². The van der Waals surface area contributed by atoms with Crippen molar-refractivity contribution < 1.29 is 4.79 Å². The monoisotopic (exact) mass is 237 g/mol. The standard InChI is InChI=1S/C9H11N5OS/c1-5-4-16-9-12-6(2)7(14(5)9)3-11-13-8(10)15/h3-4H,1-2H3,(H3,10,13,15)/b11-3-. The number of nitrogens with two attached hydrogens (primary N) is 1. The lowest BCUT2D eigenvalue weighted by molar-refractivity contribution is 0.249. The van der Waals surface area contributed by atoms with Crippen LogP contribution in [0.1, 0.15) is 17.1 Å². The van der Waals surface area contributed by atoms with Crippen molar-refractivity contribution >= 4 is 28.5 Å². The summed E-state index contributed by atoms with van der Waals surface area (Å²) in [6.45, 7) is 3.88. The zero-order chi connectivity index (χ0) is 11.7. The molecule has 2 rings (SSSR count). The average molecular weight is 237 g/mol. The number of carbonyl (C=O) groups excluding carboxylic acids is 1. The highest BCUT2D eigenvalue weighted by molar-refractivity contribution is 7.15. The molecule has 0 bridgehead atoms. The third-order valence-electron chi connectivity index (χ3n) is 2.12. The molecule has 84 valence electrons. The summed E-state index contributed by atoms with van der Waals surface area (Å²) in [7, 11) is 0. The van der Waals surface area contributed by atoms with Crippen molar-refractivity contribution in [3.05, 3.63) is 22.5 Å². The molecule has 0 radical (unpaired) electrons. The van der Waals surface area contributed by atoms with Gasteiger partial charge in [-0.2, -0.15) is 5.10 Å². The molecule has 6 nitrogen and oxygen atoms in total. The summed E-state index contributed by atoms with van der Waals surface area (Å²) in [6, 6.07) is -0.684. The zero-order valence-corrected chi connectivity index (χ0v) is 9.71. The van der Waals surface area contributed by atoms with Gasteiger partial charge in [0.2, 0.25) is 0 Å². The van der Waals surface area contributed by atoms with E-state index in [0.717, 1.165) is 22.0 Å². The van der Waals surface area contributed by atoms with E-state index in [9.17, 15) is 4.79 Å². The van der Waals surface area contributed by atoms with Gasteiger partial charge in [-0.05, 0) is 13.8 Å². The predicted octanol–water partition coefficient (Wildman–Crippen LogP) is 1.01. The second-order valence-electron chi connectivity index (χ2n) is 3.31. The summed E-state index contributed by atoms with van der Waals surface area (Å²) >= 11 is 1.57. The van der Waals surface area contributed by atoms with Crippen LogP contribution in [0.2, 0.25) is 0 Å².